The molecule has 0 spiro atoms. The first-order valence-corrected chi connectivity index (χ1v) is 5.81. The molecular weight excluding hydrogens is 280 g/mol. The van der Waals surface area contributed by atoms with E-state index >= 15 is 0 Å². The number of nitrogens with one attached hydrogen (secondary N) is 1. The van der Waals surface area contributed by atoms with Crippen LogP contribution in [0, 0.1) is 18.3 Å². The number of nitriles is 1. The lowest BCUT2D eigenvalue weighted by Gasteiger charge is -2.05. The van der Waals surface area contributed by atoms with E-state index in [1.165, 1.54) is 0 Å². The molecule has 0 unspecified atom stereocenters. The van der Waals surface area contributed by atoms with E-state index in [2.05, 4.69) is 20.9 Å². The molecule has 0 bridgehead atoms. The van der Waals surface area contributed by atoms with Crippen molar-refractivity contribution >= 4 is 15.9 Å². The molecule has 1 aromatic carbocycles. The van der Waals surface area contributed by atoms with E-state index in [1.54, 1.807) is 12.3 Å². The first-order valence-electron chi connectivity index (χ1n) is 5.02. The average molecular weight is 289 g/mol. The summed E-state index contributed by atoms with van der Waals surface area (Å²) in [6, 6.07) is 9.42. The highest BCUT2D eigenvalue weighted by atomic mass is 79.9. The van der Waals surface area contributed by atoms with Crippen LogP contribution in [0.2, 0.25) is 0 Å². The minimum absolute atomic E-state index is 0.142. The zero-order chi connectivity index (χ0) is 12.4. The van der Waals surface area contributed by atoms with Crippen molar-refractivity contribution in [2.45, 2.75) is 6.92 Å². The summed E-state index contributed by atoms with van der Waals surface area (Å²) in [6.45, 7) is 1.98. The van der Waals surface area contributed by atoms with Crippen molar-refractivity contribution < 1.29 is 0 Å². The molecule has 84 valence electrons. The minimum Gasteiger partial charge on any atom is -0.328 e. The molecular formula is C13H9BrN2O. The molecule has 0 aliphatic rings. The van der Waals surface area contributed by atoms with Crippen LogP contribution in [0.3, 0.4) is 0 Å². The average Bonchev–Trinajstić information content (AvgIpc) is 2.32. The molecule has 0 aliphatic carbocycles. The molecule has 2 aromatic rings. The molecule has 0 saturated heterocycles. The van der Waals surface area contributed by atoms with Crippen LogP contribution < -0.4 is 5.56 Å². The SMILES string of the molecule is Cc1ccc(-c2cc[nH]c(=O)c2C#N)cc1Br. The lowest BCUT2D eigenvalue weighted by atomic mass is 10.0. The topological polar surface area (TPSA) is 56.6 Å². The highest BCUT2D eigenvalue weighted by molar-refractivity contribution is 9.10. The Morgan fingerprint density at radius 1 is 1.35 bits per heavy atom. The normalized spacial score (nSPS) is 9.94. The number of H-pyrrole nitrogens is 1. The predicted molar refractivity (Wildman–Crippen MR) is 69.7 cm³/mol. The molecule has 1 heterocycles. The van der Waals surface area contributed by atoms with Crippen LogP contribution in [0.1, 0.15) is 11.1 Å². The van der Waals surface area contributed by atoms with Gasteiger partial charge in [-0.3, -0.25) is 4.79 Å². The van der Waals surface area contributed by atoms with E-state index in [4.69, 9.17) is 5.26 Å². The fourth-order valence-corrected chi connectivity index (χ4v) is 1.97. The van der Waals surface area contributed by atoms with Gasteiger partial charge in [0.2, 0.25) is 0 Å². The van der Waals surface area contributed by atoms with Gasteiger partial charge in [-0.25, -0.2) is 0 Å². The molecule has 0 fully saturated rings. The third-order valence-corrected chi connectivity index (χ3v) is 3.41. The van der Waals surface area contributed by atoms with E-state index in [-0.39, 0.29) is 11.1 Å². The second kappa shape index (κ2) is 4.56. The molecule has 0 atom stereocenters. The monoisotopic (exact) mass is 288 g/mol. The number of rotatable bonds is 1. The van der Waals surface area contributed by atoms with Gasteiger partial charge in [0, 0.05) is 16.2 Å². The van der Waals surface area contributed by atoms with Crippen LogP contribution in [0.4, 0.5) is 0 Å². The third kappa shape index (κ3) is 2.15. The predicted octanol–water partition coefficient (Wildman–Crippen LogP) is 2.98. The fraction of sp³-hybridized carbons (Fsp3) is 0.0769. The fourth-order valence-electron chi connectivity index (χ4n) is 1.59. The third-order valence-electron chi connectivity index (χ3n) is 2.56. The van der Waals surface area contributed by atoms with Gasteiger partial charge >= 0.3 is 0 Å². The molecule has 0 aliphatic heterocycles. The van der Waals surface area contributed by atoms with E-state index in [1.807, 2.05) is 31.2 Å². The van der Waals surface area contributed by atoms with Crippen LogP contribution in [0.25, 0.3) is 11.1 Å². The molecule has 0 radical (unpaired) electrons. The summed E-state index contributed by atoms with van der Waals surface area (Å²) in [7, 11) is 0. The van der Waals surface area contributed by atoms with Gasteiger partial charge in [0.1, 0.15) is 11.6 Å². The van der Waals surface area contributed by atoms with Crippen molar-refractivity contribution in [2.75, 3.05) is 0 Å². The van der Waals surface area contributed by atoms with Gasteiger partial charge in [0.25, 0.3) is 5.56 Å². The zero-order valence-corrected chi connectivity index (χ0v) is 10.7. The number of halogens is 1. The summed E-state index contributed by atoms with van der Waals surface area (Å²) in [4.78, 5) is 14.0. The minimum atomic E-state index is -0.360. The molecule has 1 aromatic heterocycles. The Hall–Kier alpha value is -1.86. The molecule has 3 nitrogen and oxygen atoms in total. The van der Waals surface area contributed by atoms with Gasteiger partial charge in [-0.1, -0.05) is 28.1 Å². The molecule has 1 N–H and O–H groups in total. The Morgan fingerprint density at radius 2 is 2.12 bits per heavy atom. The van der Waals surface area contributed by atoms with Crippen molar-refractivity contribution in [3.05, 3.63) is 56.4 Å². The number of hydrogen-bond acceptors (Lipinski definition) is 2. The van der Waals surface area contributed by atoms with Crippen LogP contribution in [0.15, 0.2) is 39.7 Å². The summed E-state index contributed by atoms with van der Waals surface area (Å²) in [5, 5.41) is 9.00. The number of pyridine rings is 1. The van der Waals surface area contributed by atoms with Crippen molar-refractivity contribution in [3.8, 4) is 17.2 Å². The summed E-state index contributed by atoms with van der Waals surface area (Å²) in [5.74, 6) is 0. The first kappa shape index (κ1) is 11.6. The number of aryl methyl sites for hydroxylation is 1. The van der Waals surface area contributed by atoms with Crippen LogP contribution >= 0.6 is 15.9 Å². The molecule has 4 heteroatoms. The van der Waals surface area contributed by atoms with E-state index in [0.717, 1.165) is 15.6 Å². The number of hydrogen-bond donors (Lipinski definition) is 1. The maximum absolute atomic E-state index is 11.5. The van der Waals surface area contributed by atoms with Crippen molar-refractivity contribution in [1.82, 2.24) is 4.98 Å². The van der Waals surface area contributed by atoms with Gasteiger partial charge in [-0.15, -0.1) is 0 Å². The van der Waals surface area contributed by atoms with Gasteiger partial charge in [-0.2, -0.15) is 5.26 Å². The molecule has 17 heavy (non-hydrogen) atoms. The Bertz CT molecular complexity index is 668. The second-order valence-electron chi connectivity index (χ2n) is 3.67. The van der Waals surface area contributed by atoms with Gasteiger partial charge < -0.3 is 4.98 Å². The number of benzene rings is 1. The highest BCUT2D eigenvalue weighted by Gasteiger charge is 2.09. The maximum atomic E-state index is 11.5. The number of aromatic nitrogens is 1. The van der Waals surface area contributed by atoms with Gasteiger partial charge in [0.15, 0.2) is 0 Å². The van der Waals surface area contributed by atoms with Crippen LogP contribution in [0.5, 0.6) is 0 Å². The number of nitrogens with zero attached hydrogens (tertiary/aromatic N) is 1. The van der Waals surface area contributed by atoms with Gasteiger partial charge in [-0.05, 0) is 30.2 Å². The zero-order valence-electron chi connectivity index (χ0n) is 9.12. The summed E-state index contributed by atoms with van der Waals surface area (Å²) >= 11 is 3.44. The van der Waals surface area contributed by atoms with E-state index < -0.39 is 0 Å². The maximum Gasteiger partial charge on any atom is 0.266 e. The highest BCUT2D eigenvalue weighted by Crippen LogP contribution is 2.26. The Labute approximate surface area is 107 Å². The molecule has 2 rings (SSSR count). The van der Waals surface area contributed by atoms with Crippen LogP contribution in [-0.2, 0) is 0 Å². The second-order valence-corrected chi connectivity index (χ2v) is 4.53. The van der Waals surface area contributed by atoms with Crippen molar-refractivity contribution in [2.24, 2.45) is 0 Å². The largest absolute Gasteiger partial charge is 0.328 e. The Kier molecular flexibility index (Phi) is 3.12. The van der Waals surface area contributed by atoms with Gasteiger partial charge in [0.05, 0.1) is 0 Å². The quantitative estimate of drug-likeness (QED) is 0.877. The van der Waals surface area contributed by atoms with E-state index in [0.29, 0.717) is 5.56 Å². The smallest absolute Gasteiger partial charge is 0.266 e. The summed E-state index contributed by atoms with van der Waals surface area (Å²) in [5.41, 5.74) is 2.39. The van der Waals surface area contributed by atoms with E-state index in [9.17, 15) is 4.79 Å². The Balaban J connectivity index is 2.69. The first-order chi connectivity index (χ1) is 8.13. The lowest BCUT2D eigenvalue weighted by molar-refractivity contribution is 1.21. The standard InChI is InChI=1S/C13H9BrN2O/c1-8-2-3-9(6-12(8)14)10-4-5-16-13(17)11(10)7-15/h2-6H,1H3,(H,16,17). The number of aromatic amines is 1. The molecule has 0 amide bonds. The van der Waals surface area contributed by atoms with Crippen molar-refractivity contribution in [3.63, 3.8) is 0 Å². The van der Waals surface area contributed by atoms with Crippen LogP contribution in [-0.4, -0.2) is 4.98 Å². The molecule has 0 saturated carbocycles. The summed E-state index contributed by atoms with van der Waals surface area (Å²) in [6.07, 6.45) is 1.55. The lowest BCUT2D eigenvalue weighted by Crippen LogP contribution is -2.10. The summed E-state index contributed by atoms with van der Waals surface area (Å²) < 4.78 is 0.958. The van der Waals surface area contributed by atoms with Crippen molar-refractivity contribution in [1.29, 1.82) is 5.26 Å². The Morgan fingerprint density at radius 3 is 2.76 bits per heavy atom.